The van der Waals surface area contributed by atoms with Crippen LogP contribution in [0.25, 0.3) is 0 Å². The summed E-state index contributed by atoms with van der Waals surface area (Å²) in [6.07, 6.45) is 0. The second-order valence-electron chi connectivity index (χ2n) is 8.84. The third-order valence-corrected chi connectivity index (χ3v) is 6.34. The van der Waals surface area contributed by atoms with E-state index < -0.39 is 0 Å². The normalized spacial score (nSPS) is 15.3. The van der Waals surface area contributed by atoms with Crippen LogP contribution in [0.4, 0.5) is 22.7 Å². The fraction of sp³-hybridized carbons (Fsp3) is 0.269. The van der Waals surface area contributed by atoms with Crippen molar-refractivity contribution in [3.05, 3.63) is 82.3 Å². The molecule has 5 nitrogen and oxygen atoms in total. The number of nitrogens with one attached hydrogen (secondary N) is 3. The zero-order chi connectivity index (χ0) is 22.7. The number of aryl methyl sites for hydroxylation is 1. The van der Waals surface area contributed by atoms with Gasteiger partial charge in [-0.2, -0.15) is 0 Å². The number of hydrogen-bond acceptors (Lipinski definition) is 4. The Morgan fingerprint density at radius 3 is 2.47 bits per heavy atom. The first-order valence-electron chi connectivity index (χ1n) is 10.8. The van der Waals surface area contributed by atoms with E-state index in [9.17, 15) is 4.79 Å². The zero-order valence-electron chi connectivity index (χ0n) is 18.7. The lowest BCUT2D eigenvalue weighted by atomic mass is 10.0. The Morgan fingerprint density at radius 2 is 1.75 bits per heavy atom. The summed E-state index contributed by atoms with van der Waals surface area (Å²) in [5.41, 5.74) is 5.44. The van der Waals surface area contributed by atoms with Crippen LogP contribution in [0.3, 0.4) is 0 Å². The van der Waals surface area contributed by atoms with E-state index in [2.05, 4.69) is 56.7 Å². The predicted molar refractivity (Wildman–Crippen MR) is 137 cm³/mol. The summed E-state index contributed by atoms with van der Waals surface area (Å²) in [6.45, 7) is 9.29. The molecular weight excluding hydrogens is 464 g/mol. The van der Waals surface area contributed by atoms with Gasteiger partial charge in [0.15, 0.2) is 0 Å². The molecule has 1 aliphatic heterocycles. The van der Waals surface area contributed by atoms with Crippen LogP contribution in [-0.2, 0) is 0 Å². The molecule has 4 rings (SSSR count). The van der Waals surface area contributed by atoms with Gasteiger partial charge in [0.2, 0.25) is 0 Å². The topological polar surface area (TPSA) is 56.4 Å². The van der Waals surface area contributed by atoms with Gasteiger partial charge in [-0.05, 0) is 78.7 Å². The van der Waals surface area contributed by atoms with Gasteiger partial charge in [0, 0.05) is 41.0 Å². The van der Waals surface area contributed by atoms with Crippen molar-refractivity contribution in [1.29, 1.82) is 0 Å². The van der Waals surface area contributed by atoms with Gasteiger partial charge >= 0.3 is 0 Å². The van der Waals surface area contributed by atoms with Crippen molar-refractivity contribution >= 4 is 44.6 Å². The molecular formula is C26H29BrN4O. The van der Waals surface area contributed by atoms with Crippen molar-refractivity contribution in [2.75, 3.05) is 35.2 Å². The standard InChI is InChI=1S/C26H29BrN4O/c1-18-8-4-6-10-22(18)30-23-11-7-5-9-20(23)25(32)29-19-12-13-24(21(27)16-19)31-15-14-28-26(2,3)17-31/h4-13,16,28,30H,14-15,17H2,1-3H3,(H,29,32). The van der Waals surface area contributed by atoms with Crippen molar-refractivity contribution < 1.29 is 4.79 Å². The van der Waals surface area contributed by atoms with Crippen molar-refractivity contribution in [2.45, 2.75) is 26.3 Å². The number of carbonyl (C=O) groups excluding carboxylic acids is 1. The predicted octanol–water partition coefficient (Wildman–Crippen LogP) is 5.94. The molecule has 6 heteroatoms. The summed E-state index contributed by atoms with van der Waals surface area (Å²) < 4.78 is 0.972. The number of benzene rings is 3. The Bertz CT molecular complexity index is 1130. The zero-order valence-corrected chi connectivity index (χ0v) is 20.3. The summed E-state index contributed by atoms with van der Waals surface area (Å²) in [4.78, 5) is 15.5. The minimum atomic E-state index is -0.148. The van der Waals surface area contributed by atoms with E-state index in [0.717, 1.165) is 52.4 Å². The van der Waals surface area contributed by atoms with Gasteiger partial charge in [0.05, 0.1) is 16.9 Å². The largest absolute Gasteiger partial charge is 0.368 e. The molecule has 0 radical (unpaired) electrons. The van der Waals surface area contributed by atoms with Gasteiger partial charge in [0.1, 0.15) is 0 Å². The van der Waals surface area contributed by atoms with Crippen molar-refractivity contribution in [3.8, 4) is 0 Å². The molecule has 1 saturated heterocycles. The fourth-order valence-electron chi connectivity index (χ4n) is 4.03. The molecule has 0 spiro atoms. The molecule has 0 atom stereocenters. The van der Waals surface area contributed by atoms with E-state index in [0.29, 0.717) is 5.56 Å². The van der Waals surface area contributed by atoms with Crippen LogP contribution in [0.1, 0.15) is 29.8 Å². The molecule has 1 amide bonds. The molecule has 3 aromatic rings. The van der Waals surface area contributed by atoms with Crippen LogP contribution < -0.4 is 20.9 Å². The third kappa shape index (κ3) is 5.14. The highest BCUT2D eigenvalue weighted by molar-refractivity contribution is 9.10. The van der Waals surface area contributed by atoms with Gasteiger partial charge < -0.3 is 20.9 Å². The molecule has 1 fully saturated rings. The molecule has 3 N–H and O–H groups in total. The molecule has 166 valence electrons. The first-order chi connectivity index (χ1) is 15.3. The highest BCUT2D eigenvalue weighted by Crippen LogP contribution is 2.32. The molecule has 1 aliphatic rings. The van der Waals surface area contributed by atoms with Gasteiger partial charge in [0.25, 0.3) is 5.91 Å². The Labute approximate surface area is 198 Å². The molecule has 3 aromatic carbocycles. The highest BCUT2D eigenvalue weighted by Gasteiger charge is 2.26. The maximum Gasteiger partial charge on any atom is 0.257 e. The van der Waals surface area contributed by atoms with Crippen molar-refractivity contribution in [3.63, 3.8) is 0 Å². The van der Waals surface area contributed by atoms with Crippen LogP contribution in [0.15, 0.2) is 71.2 Å². The minimum Gasteiger partial charge on any atom is -0.368 e. The average molecular weight is 493 g/mol. The quantitative estimate of drug-likeness (QED) is 0.412. The third-order valence-electron chi connectivity index (χ3n) is 5.70. The van der Waals surface area contributed by atoms with E-state index in [1.807, 2.05) is 67.6 Å². The van der Waals surface area contributed by atoms with Gasteiger partial charge in [-0.25, -0.2) is 0 Å². The minimum absolute atomic E-state index is 0.0679. The summed E-state index contributed by atoms with van der Waals surface area (Å²) >= 11 is 3.71. The van der Waals surface area contributed by atoms with Gasteiger partial charge in [-0.15, -0.1) is 0 Å². The number of halogens is 1. The van der Waals surface area contributed by atoms with E-state index in [1.54, 1.807) is 0 Å². The molecule has 1 heterocycles. The van der Waals surface area contributed by atoms with Crippen molar-refractivity contribution in [1.82, 2.24) is 5.32 Å². The SMILES string of the molecule is Cc1ccccc1Nc1ccccc1C(=O)Nc1ccc(N2CCNC(C)(C)C2)c(Br)c1. The Kier molecular flexibility index (Phi) is 6.53. The summed E-state index contributed by atoms with van der Waals surface area (Å²) in [5, 5.41) is 9.98. The lowest BCUT2D eigenvalue weighted by Crippen LogP contribution is -2.57. The maximum atomic E-state index is 13.1. The summed E-state index contributed by atoms with van der Waals surface area (Å²) in [5.74, 6) is -0.148. The van der Waals surface area contributed by atoms with E-state index in [1.165, 1.54) is 0 Å². The lowest BCUT2D eigenvalue weighted by molar-refractivity contribution is 0.102. The second-order valence-corrected chi connectivity index (χ2v) is 9.69. The van der Waals surface area contributed by atoms with Crippen molar-refractivity contribution in [2.24, 2.45) is 0 Å². The second kappa shape index (κ2) is 9.35. The number of piperazine rings is 1. The monoisotopic (exact) mass is 492 g/mol. The summed E-state index contributed by atoms with van der Waals surface area (Å²) in [7, 11) is 0. The number of carbonyl (C=O) groups is 1. The molecule has 0 aromatic heterocycles. The Hall–Kier alpha value is -2.83. The molecule has 0 saturated carbocycles. The first-order valence-corrected chi connectivity index (χ1v) is 11.6. The maximum absolute atomic E-state index is 13.1. The number of anilines is 4. The van der Waals surface area contributed by atoms with Gasteiger partial charge in [-0.3, -0.25) is 4.79 Å². The van der Waals surface area contributed by atoms with Crippen LogP contribution in [-0.4, -0.2) is 31.1 Å². The Morgan fingerprint density at radius 1 is 1.03 bits per heavy atom. The summed E-state index contributed by atoms with van der Waals surface area (Å²) in [6, 6.07) is 21.6. The number of nitrogens with zero attached hydrogens (tertiary/aromatic N) is 1. The number of rotatable bonds is 5. The van der Waals surface area contributed by atoms with Crippen LogP contribution in [0.5, 0.6) is 0 Å². The van der Waals surface area contributed by atoms with Crippen LogP contribution in [0.2, 0.25) is 0 Å². The number of hydrogen-bond donors (Lipinski definition) is 3. The Balaban J connectivity index is 1.51. The number of para-hydroxylation sites is 2. The fourth-order valence-corrected chi connectivity index (χ4v) is 4.66. The number of amides is 1. The lowest BCUT2D eigenvalue weighted by Gasteiger charge is -2.40. The van der Waals surface area contributed by atoms with Crippen LogP contribution >= 0.6 is 15.9 Å². The van der Waals surface area contributed by atoms with Gasteiger partial charge in [-0.1, -0.05) is 30.3 Å². The van der Waals surface area contributed by atoms with Crippen LogP contribution in [0, 0.1) is 6.92 Å². The highest BCUT2D eigenvalue weighted by atomic mass is 79.9. The smallest absolute Gasteiger partial charge is 0.257 e. The molecule has 0 unspecified atom stereocenters. The van der Waals surface area contributed by atoms with E-state index in [-0.39, 0.29) is 11.4 Å². The van der Waals surface area contributed by atoms with E-state index >= 15 is 0 Å². The molecule has 0 bridgehead atoms. The first kappa shape index (κ1) is 22.4. The van der Waals surface area contributed by atoms with E-state index in [4.69, 9.17) is 0 Å². The average Bonchev–Trinajstić information content (AvgIpc) is 2.75. The molecule has 32 heavy (non-hydrogen) atoms. The molecule has 0 aliphatic carbocycles.